The number of nitrogens with one attached hydrogen (secondary N) is 1. The zero-order chi connectivity index (χ0) is 29.4. The lowest BCUT2D eigenvalue weighted by Gasteiger charge is -2.34. The molecule has 0 saturated heterocycles. The van der Waals surface area contributed by atoms with Crippen LogP contribution in [0.15, 0.2) is 66.6 Å². The summed E-state index contributed by atoms with van der Waals surface area (Å²) in [5.41, 5.74) is 7.21. The second-order valence-electron chi connectivity index (χ2n) is 10.6. The minimum Gasteiger partial charge on any atom is -0.481 e. The Morgan fingerprint density at radius 2 is 1.90 bits per heavy atom. The van der Waals surface area contributed by atoms with Crippen molar-refractivity contribution in [3.63, 3.8) is 0 Å². The number of anilines is 1. The Kier molecular flexibility index (Phi) is 7.91. The summed E-state index contributed by atoms with van der Waals surface area (Å²) in [6.07, 6.45) is 4.49. The molecule has 1 aliphatic carbocycles. The van der Waals surface area contributed by atoms with E-state index in [0.717, 1.165) is 47.2 Å². The number of rotatable bonds is 7. The lowest BCUT2D eigenvalue weighted by molar-refractivity contribution is -0.128. The van der Waals surface area contributed by atoms with Gasteiger partial charge in [-0.2, -0.15) is 0 Å². The van der Waals surface area contributed by atoms with Crippen molar-refractivity contribution in [2.24, 2.45) is 0 Å². The van der Waals surface area contributed by atoms with Crippen LogP contribution in [0.2, 0.25) is 5.02 Å². The predicted molar refractivity (Wildman–Crippen MR) is 164 cm³/mol. The van der Waals surface area contributed by atoms with Crippen molar-refractivity contribution >= 4 is 29.1 Å². The SMILES string of the molecule is C=C1N(CCC)C=C(C(=O)Nc2cccc(-c3cccc(-c4cc5c(c(OC)n4)C(C)CC5)c3Cl)c2C)C(=O)N1C. The summed E-state index contributed by atoms with van der Waals surface area (Å²) in [5, 5.41) is 3.52. The lowest BCUT2D eigenvalue weighted by atomic mass is 9.95. The number of aryl methyl sites for hydroxylation is 1. The molecular formula is C33H35ClN4O3. The van der Waals surface area contributed by atoms with Gasteiger partial charge in [-0.3, -0.25) is 14.5 Å². The molecule has 1 aliphatic heterocycles. The summed E-state index contributed by atoms with van der Waals surface area (Å²) in [4.78, 5) is 34.3. The van der Waals surface area contributed by atoms with Crippen LogP contribution in [0.25, 0.3) is 22.4 Å². The van der Waals surface area contributed by atoms with E-state index in [1.54, 1.807) is 20.4 Å². The third-order valence-corrected chi connectivity index (χ3v) is 8.44. The van der Waals surface area contributed by atoms with E-state index >= 15 is 0 Å². The Labute approximate surface area is 246 Å². The quantitative estimate of drug-likeness (QED) is 0.312. The van der Waals surface area contributed by atoms with Gasteiger partial charge >= 0.3 is 0 Å². The molecule has 2 aromatic carbocycles. The number of ether oxygens (including phenoxy) is 1. The summed E-state index contributed by atoms with van der Waals surface area (Å²) in [7, 11) is 3.28. The average Bonchev–Trinajstić information content (AvgIpc) is 3.34. The van der Waals surface area contributed by atoms with E-state index in [1.807, 2.05) is 55.1 Å². The van der Waals surface area contributed by atoms with E-state index in [1.165, 1.54) is 16.0 Å². The second-order valence-corrected chi connectivity index (χ2v) is 11.0. The standard InChI is InChI=1S/C33H35ClN4O3/c1-7-16-38-18-26(33(40)37(5)21(38)4)31(39)35-27-13-9-10-23(20(27)3)24-11-8-12-25(30(24)34)28-17-22-15-14-19(2)29(22)32(36-28)41-6/h8-13,17-19H,4,7,14-16H2,1-3,5-6H3,(H,35,39). The Morgan fingerprint density at radius 3 is 2.63 bits per heavy atom. The third-order valence-electron chi connectivity index (χ3n) is 8.04. The van der Waals surface area contributed by atoms with E-state index in [2.05, 4.69) is 24.9 Å². The van der Waals surface area contributed by atoms with Gasteiger partial charge in [0.15, 0.2) is 0 Å². The molecule has 1 atom stereocenters. The summed E-state index contributed by atoms with van der Waals surface area (Å²) in [5.74, 6) is 0.752. The first kappa shape index (κ1) is 28.4. The van der Waals surface area contributed by atoms with Crippen molar-refractivity contribution in [1.29, 1.82) is 0 Å². The van der Waals surface area contributed by atoms with Crippen molar-refractivity contribution in [3.8, 4) is 28.3 Å². The van der Waals surface area contributed by atoms with Crippen LogP contribution in [-0.2, 0) is 16.0 Å². The normalized spacial score (nSPS) is 16.5. The molecule has 0 fully saturated rings. The zero-order valence-electron chi connectivity index (χ0n) is 24.2. The zero-order valence-corrected chi connectivity index (χ0v) is 24.9. The number of carbonyl (C=O) groups is 2. The molecule has 0 spiro atoms. The maximum absolute atomic E-state index is 13.3. The lowest BCUT2D eigenvalue weighted by Crippen LogP contribution is -2.42. The fourth-order valence-electron chi connectivity index (χ4n) is 5.68. The van der Waals surface area contributed by atoms with Crippen molar-refractivity contribution in [1.82, 2.24) is 14.8 Å². The first-order valence-corrected chi connectivity index (χ1v) is 14.3. The van der Waals surface area contributed by atoms with Gasteiger partial charge in [-0.05, 0) is 60.9 Å². The molecule has 0 saturated carbocycles. The molecule has 8 heteroatoms. The summed E-state index contributed by atoms with van der Waals surface area (Å²) in [6.45, 7) is 10.8. The average molecular weight is 571 g/mol. The van der Waals surface area contributed by atoms with Gasteiger partial charge in [0.1, 0.15) is 11.4 Å². The summed E-state index contributed by atoms with van der Waals surface area (Å²) in [6, 6.07) is 13.7. The number of aromatic nitrogens is 1. The van der Waals surface area contributed by atoms with Crippen LogP contribution in [0.4, 0.5) is 5.69 Å². The first-order chi connectivity index (χ1) is 19.7. The first-order valence-electron chi connectivity index (χ1n) is 13.9. The van der Waals surface area contributed by atoms with Gasteiger partial charge in [0.25, 0.3) is 11.8 Å². The molecule has 0 bridgehead atoms. The smallest absolute Gasteiger partial charge is 0.266 e. The highest BCUT2D eigenvalue weighted by molar-refractivity contribution is 6.36. The Bertz CT molecular complexity index is 1600. The highest BCUT2D eigenvalue weighted by Gasteiger charge is 2.31. The van der Waals surface area contributed by atoms with Gasteiger partial charge in [0.05, 0.1) is 17.8 Å². The number of amides is 2. The fourth-order valence-corrected chi connectivity index (χ4v) is 6.01. The third kappa shape index (κ3) is 5.10. The van der Waals surface area contributed by atoms with Crippen LogP contribution in [0, 0.1) is 6.92 Å². The molecule has 2 aliphatic rings. The van der Waals surface area contributed by atoms with E-state index < -0.39 is 11.8 Å². The van der Waals surface area contributed by atoms with Crippen molar-refractivity contribution in [2.45, 2.75) is 46.0 Å². The van der Waals surface area contributed by atoms with Gasteiger partial charge in [-0.15, -0.1) is 0 Å². The number of methoxy groups -OCH3 is 1. The van der Waals surface area contributed by atoms with E-state index in [4.69, 9.17) is 21.3 Å². The van der Waals surface area contributed by atoms with Crippen LogP contribution < -0.4 is 10.1 Å². The summed E-state index contributed by atoms with van der Waals surface area (Å²) < 4.78 is 5.67. The van der Waals surface area contributed by atoms with Crippen molar-refractivity contribution in [3.05, 3.63) is 88.4 Å². The fraction of sp³-hybridized carbons (Fsp3) is 0.303. The monoisotopic (exact) mass is 570 g/mol. The number of hydrogen-bond acceptors (Lipinski definition) is 5. The van der Waals surface area contributed by atoms with Gasteiger partial charge in [-0.25, -0.2) is 4.98 Å². The van der Waals surface area contributed by atoms with Gasteiger partial charge < -0.3 is 15.0 Å². The van der Waals surface area contributed by atoms with Crippen LogP contribution in [0.1, 0.15) is 49.3 Å². The molecule has 7 nitrogen and oxygen atoms in total. The Hall–Kier alpha value is -4.10. The van der Waals surface area contributed by atoms with Gasteiger partial charge in [0, 0.05) is 42.2 Å². The largest absolute Gasteiger partial charge is 0.481 e. The molecule has 2 heterocycles. The van der Waals surface area contributed by atoms with Crippen molar-refractivity contribution < 1.29 is 14.3 Å². The van der Waals surface area contributed by atoms with Gasteiger partial charge in [0.2, 0.25) is 5.88 Å². The van der Waals surface area contributed by atoms with E-state index in [9.17, 15) is 9.59 Å². The molecule has 1 aromatic heterocycles. The second kappa shape index (κ2) is 11.4. The highest BCUT2D eigenvalue weighted by Crippen LogP contribution is 2.43. The molecule has 1 unspecified atom stereocenters. The molecule has 5 rings (SSSR count). The van der Waals surface area contributed by atoms with Crippen LogP contribution in [0.5, 0.6) is 5.88 Å². The topological polar surface area (TPSA) is 74.8 Å². The number of halogens is 1. The maximum Gasteiger partial charge on any atom is 0.266 e. The van der Waals surface area contributed by atoms with Crippen LogP contribution in [-0.4, -0.2) is 47.3 Å². The molecular weight excluding hydrogens is 536 g/mol. The van der Waals surface area contributed by atoms with Crippen molar-refractivity contribution in [2.75, 3.05) is 26.0 Å². The molecule has 3 aromatic rings. The van der Waals surface area contributed by atoms with E-state index in [-0.39, 0.29) is 5.57 Å². The number of benzene rings is 2. The van der Waals surface area contributed by atoms with Crippen LogP contribution in [0.3, 0.4) is 0 Å². The number of pyridine rings is 1. The Morgan fingerprint density at radius 1 is 1.20 bits per heavy atom. The predicted octanol–water partition coefficient (Wildman–Crippen LogP) is 6.91. The van der Waals surface area contributed by atoms with Gasteiger partial charge in [-0.1, -0.05) is 62.4 Å². The molecule has 212 valence electrons. The maximum atomic E-state index is 13.3. The molecule has 1 N–H and O–H groups in total. The number of fused-ring (bicyclic) bond motifs is 1. The number of carbonyl (C=O) groups excluding carboxylic acids is 2. The minimum absolute atomic E-state index is 0.0594. The molecule has 0 radical (unpaired) electrons. The highest BCUT2D eigenvalue weighted by atomic mass is 35.5. The molecule has 41 heavy (non-hydrogen) atoms. The number of nitrogens with zero attached hydrogens (tertiary/aromatic N) is 3. The Balaban J connectivity index is 1.49. The van der Waals surface area contributed by atoms with E-state index in [0.29, 0.717) is 34.9 Å². The van der Waals surface area contributed by atoms with Crippen LogP contribution >= 0.6 is 11.6 Å². The number of likely N-dealkylation sites (N-methyl/N-ethyl adjacent to an activating group) is 1. The summed E-state index contributed by atoms with van der Waals surface area (Å²) >= 11 is 7.06. The number of hydrogen-bond donors (Lipinski definition) is 1. The molecule has 2 amide bonds. The minimum atomic E-state index is -0.473.